The minimum absolute atomic E-state index is 0.0931. The van der Waals surface area contributed by atoms with Crippen LogP contribution in [0.4, 0.5) is 9.18 Å². The van der Waals surface area contributed by atoms with Gasteiger partial charge in [0.25, 0.3) is 5.91 Å². The second-order valence-electron chi connectivity index (χ2n) is 9.67. The van der Waals surface area contributed by atoms with Crippen molar-refractivity contribution in [2.24, 2.45) is 0 Å². The van der Waals surface area contributed by atoms with E-state index in [0.717, 1.165) is 28.7 Å². The summed E-state index contributed by atoms with van der Waals surface area (Å²) in [5, 5.41) is 13.1. The van der Waals surface area contributed by atoms with Gasteiger partial charge in [0.05, 0.1) is 17.2 Å². The highest BCUT2D eigenvalue weighted by molar-refractivity contribution is 7.91. The van der Waals surface area contributed by atoms with Crippen LogP contribution in [-0.4, -0.2) is 55.4 Å². The molecule has 34 heavy (non-hydrogen) atoms. The second kappa shape index (κ2) is 8.35. The molecule has 10 heteroatoms. The number of urea groups is 1. The van der Waals surface area contributed by atoms with Gasteiger partial charge in [-0.1, -0.05) is 39.0 Å². The number of hydrogen-bond acceptors (Lipinski definition) is 6. The number of ether oxygens (including phenoxy) is 1. The van der Waals surface area contributed by atoms with Crippen molar-refractivity contribution >= 4 is 21.8 Å². The van der Waals surface area contributed by atoms with E-state index in [1.54, 1.807) is 6.07 Å². The average molecular weight is 491 g/mol. The summed E-state index contributed by atoms with van der Waals surface area (Å²) in [4.78, 5) is 26.7. The highest BCUT2D eigenvalue weighted by atomic mass is 32.2. The topological polar surface area (TPSA) is 113 Å². The van der Waals surface area contributed by atoms with Crippen LogP contribution >= 0.6 is 0 Å². The molecule has 8 nitrogen and oxygen atoms in total. The standard InChI is InChI=1S/C24H27FN2O6S/c1-23(2,3)17-6-4-5-7-19(17)33-14-16(28)13-27-21(29)24(26-22(27)30)10-11-34(31,32)20-9-8-15(25)12-18(20)24/h4-9,12,16,28H,10-11,13-14H2,1-3H3,(H,26,30)/t16-,24-/m0/s1. The fourth-order valence-electron chi connectivity index (χ4n) is 4.44. The number of amides is 3. The monoisotopic (exact) mass is 490 g/mol. The van der Waals surface area contributed by atoms with Crippen molar-refractivity contribution in [3.05, 3.63) is 59.4 Å². The molecule has 4 rings (SSSR count). The summed E-state index contributed by atoms with van der Waals surface area (Å²) in [6.07, 6.45) is -1.42. The molecule has 0 saturated carbocycles. The maximum atomic E-state index is 14.0. The molecule has 0 radical (unpaired) electrons. The third kappa shape index (κ3) is 4.16. The zero-order valence-electron chi connectivity index (χ0n) is 19.2. The molecular formula is C24H27FN2O6S. The van der Waals surface area contributed by atoms with Gasteiger partial charge in [0.15, 0.2) is 9.84 Å². The van der Waals surface area contributed by atoms with Gasteiger partial charge < -0.3 is 15.2 Å². The summed E-state index contributed by atoms with van der Waals surface area (Å²) in [5.41, 5.74) is -1.04. The first-order valence-corrected chi connectivity index (χ1v) is 12.6. The van der Waals surface area contributed by atoms with Gasteiger partial charge in [-0.25, -0.2) is 17.6 Å². The third-order valence-corrected chi connectivity index (χ3v) is 7.95. The molecule has 2 aromatic rings. The molecule has 0 aliphatic carbocycles. The first kappa shape index (κ1) is 24.2. The number of benzene rings is 2. The van der Waals surface area contributed by atoms with Gasteiger partial charge in [-0.05, 0) is 41.7 Å². The molecule has 3 amide bonds. The summed E-state index contributed by atoms with van der Waals surface area (Å²) in [7, 11) is -3.72. The normalized spacial score (nSPS) is 22.4. The van der Waals surface area contributed by atoms with Crippen LogP contribution in [0.1, 0.15) is 38.3 Å². The fourth-order valence-corrected chi connectivity index (χ4v) is 6.08. The number of para-hydroxylation sites is 1. The van der Waals surface area contributed by atoms with E-state index in [2.05, 4.69) is 5.32 Å². The molecule has 2 atom stereocenters. The van der Waals surface area contributed by atoms with E-state index in [9.17, 15) is 27.5 Å². The van der Waals surface area contributed by atoms with E-state index < -0.39 is 39.2 Å². The smallest absolute Gasteiger partial charge is 0.325 e. The van der Waals surface area contributed by atoms with E-state index in [-0.39, 0.29) is 41.2 Å². The molecule has 2 aliphatic heterocycles. The van der Waals surface area contributed by atoms with Crippen molar-refractivity contribution < 1.29 is 32.2 Å². The Morgan fingerprint density at radius 2 is 1.91 bits per heavy atom. The molecule has 0 aromatic heterocycles. The number of fused-ring (bicyclic) bond motifs is 2. The quantitative estimate of drug-likeness (QED) is 0.492. The third-order valence-electron chi connectivity index (χ3n) is 6.18. The van der Waals surface area contributed by atoms with Gasteiger partial charge in [0.2, 0.25) is 0 Å². The molecule has 1 saturated heterocycles. The zero-order chi connectivity index (χ0) is 24.9. The number of nitrogens with zero attached hydrogens (tertiary/aromatic N) is 1. The molecular weight excluding hydrogens is 463 g/mol. The Balaban J connectivity index is 1.53. The fraction of sp³-hybridized carbons (Fsp3) is 0.417. The predicted octanol–water partition coefficient (Wildman–Crippen LogP) is 2.49. The summed E-state index contributed by atoms with van der Waals surface area (Å²) in [6, 6.07) is 9.71. The predicted molar refractivity (Wildman–Crippen MR) is 122 cm³/mol. The highest BCUT2D eigenvalue weighted by Gasteiger charge is 2.56. The summed E-state index contributed by atoms with van der Waals surface area (Å²) >= 11 is 0. The number of aliphatic hydroxyl groups excluding tert-OH is 1. The van der Waals surface area contributed by atoms with Gasteiger partial charge in [0.1, 0.15) is 29.8 Å². The lowest BCUT2D eigenvalue weighted by Gasteiger charge is -2.33. The van der Waals surface area contributed by atoms with Gasteiger partial charge in [0, 0.05) is 5.56 Å². The Hall–Kier alpha value is -2.98. The van der Waals surface area contributed by atoms with Crippen molar-refractivity contribution in [3.63, 3.8) is 0 Å². The first-order chi connectivity index (χ1) is 15.8. The van der Waals surface area contributed by atoms with Crippen molar-refractivity contribution in [1.29, 1.82) is 0 Å². The van der Waals surface area contributed by atoms with Gasteiger partial charge in [-0.2, -0.15) is 0 Å². The van der Waals surface area contributed by atoms with Crippen molar-refractivity contribution in [1.82, 2.24) is 10.2 Å². The van der Waals surface area contributed by atoms with Crippen LogP contribution < -0.4 is 10.1 Å². The first-order valence-electron chi connectivity index (χ1n) is 10.9. The molecule has 2 N–H and O–H groups in total. The lowest BCUT2D eigenvalue weighted by Crippen LogP contribution is -2.49. The number of β-amino-alcohol motifs (C(OH)–C–C–N with tert-alkyl or cyclic N) is 1. The molecule has 1 spiro atoms. The van der Waals surface area contributed by atoms with Crippen LogP contribution in [0, 0.1) is 5.82 Å². The molecule has 2 aromatic carbocycles. The van der Waals surface area contributed by atoms with Crippen LogP contribution in [0.3, 0.4) is 0 Å². The molecule has 0 unspecified atom stereocenters. The van der Waals surface area contributed by atoms with Crippen molar-refractivity contribution in [2.45, 2.75) is 49.1 Å². The average Bonchev–Trinajstić information content (AvgIpc) is 3.00. The molecule has 1 fully saturated rings. The Kier molecular flexibility index (Phi) is 5.93. The number of rotatable bonds is 5. The molecule has 182 valence electrons. The van der Waals surface area contributed by atoms with Crippen LogP contribution in [0.25, 0.3) is 0 Å². The Morgan fingerprint density at radius 1 is 1.21 bits per heavy atom. The number of nitrogens with one attached hydrogen (secondary N) is 1. The van der Waals surface area contributed by atoms with Crippen LogP contribution in [-0.2, 0) is 25.6 Å². The molecule has 2 aliphatic rings. The second-order valence-corrected chi connectivity index (χ2v) is 11.7. The van der Waals surface area contributed by atoms with Gasteiger partial charge in [-0.3, -0.25) is 9.69 Å². The van der Waals surface area contributed by atoms with Gasteiger partial charge >= 0.3 is 6.03 Å². The minimum atomic E-state index is -3.72. The number of sulfone groups is 1. The maximum absolute atomic E-state index is 14.0. The number of imide groups is 1. The van der Waals surface area contributed by atoms with Crippen molar-refractivity contribution in [3.8, 4) is 5.75 Å². The number of carbonyl (C=O) groups is 2. The highest BCUT2D eigenvalue weighted by Crippen LogP contribution is 2.41. The summed E-state index contributed by atoms with van der Waals surface area (Å²) in [6.45, 7) is 5.56. The minimum Gasteiger partial charge on any atom is -0.491 e. The summed E-state index contributed by atoms with van der Waals surface area (Å²) < 4.78 is 44.7. The van der Waals surface area contributed by atoms with Gasteiger partial charge in [-0.15, -0.1) is 0 Å². The lowest BCUT2D eigenvalue weighted by atomic mass is 9.86. The van der Waals surface area contributed by atoms with E-state index in [4.69, 9.17) is 4.74 Å². The van der Waals surface area contributed by atoms with E-state index in [1.807, 2.05) is 39.0 Å². The maximum Gasteiger partial charge on any atom is 0.325 e. The number of hydrogen-bond donors (Lipinski definition) is 2. The summed E-state index contributed by atoms with van der Waals surface area (Å²) in [5.74, 6) is -1.24. The number of aliphatic hydroxyl groups is 1. The SMILES string of the molecule is CC(C)(C)c1ccccc1OC[C@@H](O)CN1C(=O)N[C@]2(CCS(=O)(=O)c3ccc(F)cc32)C1=O. The number of halogens is 1. The number of carbonyl (C=O) groups excluding carboxylic acids is 2. The molecule has 0 bridgehead atoms. The molecule has 2 heterocycles. The van der Waals surface area contributed by atoms with E-state index in [1.165, 1.54) is 0 Å². The zero-order valence-corrected chi connectivity index (χ0v) is 20.0. The van der Waals surface area contributed by atoms with Crippen LogP contribution in [0.2, 0.25) is 0 Å². The van der Waals surface area contributed by atoms with Crippen LogP contribution in [0.15, 0.2) is 47.4 Å². The lowest BCUT2D eigenvalue weighted by molar-refractivity contribution is -0.133. The Bertz CT molecular complexity index is 1260. The van der Waals surface area contributed by atoms with E-state index in [0.29, 0.717) is 5.75 Å². The Morgan fingerprint density at radius 3 is 2.62 bits per heavy atom. The Labute approximate surface area is 197 Å². The van der Waals surface area contributed by atoms with Crippen molar-refractivity contribution in [2.75, 3.05) is 18.9 Å². The van der Waals surface area contributed by atoms with Crippen LogP contribution in [0.5, 0.6) is 5.75 Å². The van der Waals surface area contributed by atoms with E-state index >= 15 is 0 Å². The largest absolute Gasteiger partial charge is 0.491 e.